The Labute approximate surface area is 197 Å². The largest absolute Gasteiger partial charge is 0.462 e. The van der Waals surface area contributed by atoms with Gasteiger partial charge in [0.15, 0.2) is 5.16 Å². The third kappa shape index (κ3) is 4.89. The van der Waals surface area contributed by atoms with Crippen molar-refractivity contribution in [1.82, 2.24) is 9.55 Å². The number of rotatable bonds is 7. The SMILES string of the molecule is CCOC(=O)c1sc2nc(SCc3cccc(Br)c3)n(C[C@H]3CCCO3)c(=O)c2c1C. The molecule has 31 heavy (non-hydrogen) atoms. The Bertz CT molecular complexity index is 1170. The van der Waals surface area contributed by atoms with Crippen molar-refractivity contribution in [2.45, 2.75) is 50.2 Å². The van der Waals surface area contributed by atoms with Crippen LogP contribution >= 0.6 is 39.0 Å². The molecule has 0 N–H and O–H groups in total. The molecule has 1 aliphatic heterocycles. The van der Waals surface area contributed by atoms with Crippen LogP contribution < -0.4 is 5.56 Å². The summed E-state index contributed by atoms with van der Waals surface area (Å²) >= 11 is 6.25. The first-order valence-electron chi connectivity index (χ1n) is 10.2. The predicted octanol–water partition coefficient (Wildman–Crippen LogP) is 5.18. The average molecular weight is 523 g/mol. The molecule has 1 aliphatic rings. The van der Waals surface area contributed by atoms with Crippen LogP contribution in [-0.4, -0.2) is 34.8 Å². The second-order valence-corrected chi connectivity index (χ2v) is 10.2. The Balaban J connectivity index is 1.76. The molecule has 4 rings (SSSR count). The van der Waals surface area contributed by atoms with E-state index in [2.05, 4.69) is 22.0 Å². The maximum atomic E-state index is 13.5. The van der Waals surface area contributed by atoms with E-state index in [1.165, 1.54) is 23.1 Å². The number of aryl methyl sites for hydroxylation is 1. The number of fused-ring (bicyclic) bond motifs is 1. The Morgan fingerprint density at radius 1 is 1.45 bits per heavy atom. The molecule has 0 bridgehead atoms. The monoisotopic (exact) mass is 522 g/mol. The van der Waals surface area contributed by atoms with Crippen LogP contribution in [0.25, 0.3) is 10.2 Å². The maximum absolute atomic E-state index is 13.5. The first-order valence-corrected chi connectivity index (χ1v) is 12.8. The number of esters is 1. The van der Waals surface area contributed by atoms with Crippen molar-refractivity contribution >= 4 is 55.2 Å². The third-order valence-corrected chi connectivity index (χ3v) is 7.85. The minimum absolute atomic E-state index is 0.00522. The quantitative estimate of drug-likeness (QED) is 0.242. The number of carbonyl (C=O) groups excluding carboxylic acids is 1. The number of aromatic nitrogens is 2. The van der Waals surface area contributed by atoms with Gasteiger partial charge >= 0.3 is 5.97 Å². The zero-order valence-corrected chi connectivity index (χ0v) is 20.6. The van der Waals surface area contributed by atoms with E-state index in [4.69, 9.17) is 14.5 Å². The van der Waals surface area contributed by atoms with Gasteiger partial charge in [-0.3, -0.25) is 9.36 Å². The summed E-state index contributed by atoms with van der Waals surface area (Å²) in [5.74, 6) is 0.272. The molecule has 9 heteroatoms. The number of carbonyl (C=O) groups is 1. The normalized spacial score (nSPS) is 16.2. The van der Waals surface area contributed by atoms with Crippen LogP contribution in [-0.2, 0) is 21.8 Å². The van der Waals surface area contributed by atoms with Crippen LogP contribution in [0.2, 0.25) is 0 Å². The van der Waals surface area contributed by atoms with Gasteiger partial charge in [-0.25, -0.2) is 9.78 Å². The molecule has 1 atom stereocenters. The van der Waals surface area contributed by atoms with E-state index >= 15 is 0 Å². The van der Waals surface area contributed by atoms with Gasteiger partial charge in [0, 0.05) is 16.8 Å². The summed E-state index contributed by atoms with van der Waals surface area (Å²) in [6, 6.07) is 8.08. The predicted molar refractivity (Wildman–Crippen MR) is 127 cm³/mol. The van der Waals surface area contributed by atoms with Crippen molar-refractivity contribution < 1.29 is 14.3 Å². The summed E-state index contributed by atoms with van der Waals surface area (Å²) in [6.07, 6.45) is 1.93. The minimum Gasteiger partial charge on any atom is -0.462 e. The number of hydrogen-bond donors (Lipinski definition) is 0. The fraction of sp³-hybridized carbons (Fsp3) is 0.409. The van der Waals surface area contributed by atoms with E-state index < -0.39 is 5.97 Å². The van der Waals surface area contributed by atoms with Crippen molar-refractivity contribution in [3.05, 3.63) is 55.1 Å². The highest BCUT2D eigenvalue weighted by molar-refractivity contribution is 9.10. The molecule has 1 aromatic carbocycles. The van der Waals surface area contributed by atoms with E-state index in [1.54, 1.807) is 18.4 Å². The van der Waals surface area contributed by atoms with Crippen LogP contribution in [0.5, 0.6) is 0 Å². The topological polar surface area (TPSA) is 70.4 Å². The Morgan fingerprint density at radius 2 is 2.29 bits per heavy atom. The molecule has 2 aromatic heterocycles. The smallest absolute Gasteiger partial charge is 0.348 e. The van der Waals surface area contributed by atoms with Gasteiger partial charge in [-0.2, -0.15) is 0 Å². The van der Waals surface area contributed by atoms with Gasteiger partial charge < -0.3 is 9.47 Å². The van der Waals surface area contributed by atoms with Gasteiger partial charge in [-0.1, -0.05) is 39.8 Å². The van der Waals surface area contributed by atoms with E-state index in [-0.39, 0.29) is 18.3 Å². The fourth-order valence-electron chi connectivity index (χ4n) is 3.63. The second kappa shape index (κ2) is 9.85. The van der Waals surface area contributed by atoms with Crippen LogP contribution in [0.3, 0.4) is 0 Å². The van der Waals surface area contributed by atoms with Gasteiger partial charge in [0.2, 0.25) is 0 Å². The molecular formula is C22H23BrN2O4S2. The summed E-state index contributed by atoms with van der Waals surface area (Å²) in [5.41, 5.74) is 1.65. The summed E-state index contributed by atoms with van der Waals surface area (Å²) < 4.78 is 13.7. The molecule has 164 valence electrons. The van der Waals surface area contributed by atoms with E-state index in [1.807, 2.05) is 18.2 Å². The number of benzene rings is 1. The first-order chi connectivity index (χ1) is 15.0. The molecule has 0 radical (unpaired) electrons. The third-order valence-electron chi connectivity index (χ3n) is 5.14. The van der Waals surface area contributed by atoms with E-state index in [9.17, 15) is 9.59 Å². The number of thioether (sulfide) groups is 1. The van der Waals surface area contributed by atoms with Crippen molar-refractivity contribution in [1.29, 1.82) is 0 Å². The van der Waals surface area contributed by atoms with Crippen LogP contribution in [0.4, 0.5) is 0 Å². The van der Waals surface area contributed by atoms with Gasteiger partial charge in [0.25, 0.3) is 5.56 Å². The molecule has 3 aromatic rings. The highest BCUT2D eigenvalue weighted by Gasteiger charge is 2.25. The van der Waals surface area contributed by atoms with Gasteiger partial charge in [-0.05, 0) is 49.9 Å². The molecular weight excluding hydrogens is 500 g/mol. The Kier molecular flexibility index (Phi) is 7.15. The second-order valence-electron chi connectivity index (χ2n) is 7.32. The van der Waals surface area contributed by atoms with Crippen molar-refractivity contribution in [2.75, 3.05) is 13.2 Å². The molecule has 0 unspecified atom stereocenters. The van der Waals surface area contributed by atoms with Gasteiger partial charge in [-0.15, -0.1) is 11.3 Å². The van der Waals surface area contributed by atoms with Crippen LogP contribution in [0.15, 0.2) is 38.7 Å². The van der Waals surface area contributed by atoms with E-state index in [0.717, 1.165) is 29.5 Å². The van der Waals surface area contributed by atoms with E-state index in [0.29, 0.717) is 38.1 Å². The number of nitrogens with zero attached hydrogens (tertiary/aromatic N) is 2. The first kappa shape index (κ1) is 22.5. The van der Waals surface area contributed by atoms with Crippen LogP contribution in [0, 0.1) is 6.92 Å². The minimum atomic E-state index is -0.406. The molecule has 0 spiro atoms. The molecule has 1 fully saturated rings. The van der Waals surface area contributed by atoms with Crippen LogP contribution in [0.1, 0.15) is 40.6 Å². The lowest BCUT2D eigenvalue weighted by atomic mass is 10.2. The zero-order valence-electron chi connectivity index (χ0n) is 17.4. The lowest BCUT2D eigenvalue weighted by Gasteiger charge is -2.16. The molecule has 0 aliphatic carbocycles. The number of thiophene rings is 1. The molecule has 6 nitrogen and oxygen atoms in total. The van der Waals surface area contributed by atoms with Crippen molar-refractivity contribution in [3.8, 4) is 0 Å². The molecule has 0 amide bonds. The van der Waals surface area contributed by atoms with Crippen molar-refractivity contribution in [2.24, 2.45) is 0 Å². The molecule has 3 heterocycles. The summed E-state index contributed by atoms with van der Waals surface area (Å²) in [7, 11) is 0. The standard InChI is InChI=1S/C22H23BrN2O4S2/c1-3-28-21(27)18-13(2)17-19(31-18)24-22(30-12-14-6-4-7-15(23)10-14)25(20(17)26)11-16-8-5-9-29-16/h4,6-7,10,16H,3,5,8-9,11-12H2,1-2H3/t16-/m1/s1. The maximum Gasteiger partial charge on any atom is 0.348 e. The lowest BCUT2D eigenvalue weighted by molar-refractivity contribution is 0.0531. The summed E-state index contributed by atoms with van der Waals surface area (Å²) in [6.45, 7) is 5.03. The molecule has 0 saturated carbocycles. The Hall–Kier alpha value is -1.68. The number of ether oxygens (including phenoxy) is 2. The number of halogens is 1. The zero-order chi connectivity index (χ0) is 22.0. The molecule has 1 saturated heterocycles. The number of hydrogen-bond acceptors (Lipinski definition) is 7. The fourth-order valence-corrected chi connectivity index (χ4v) is 6.14. The highest BCUT2D eigenvalue weighted by Crippen LogP contribution is 2.31. The highest BCUT2D eigenvalue weighted by atomic mass is 79.9. The average Bonchev–Trinajstić information content (AvgIpc) is 3.37. The Morgan fingerprint density at radius 3 is 3.00 bits per heavy atom. The summed E-state index contributed by atoms with van der Waals surface area (Å²) in [5, 5.41) is 1.14. The summed E-state index contributed by atoms with van der Waals surface area (Å²) in [4.78, 5) is 31.7. The lowest BCUT2D eigenvalue weighted by Crippen LogP contribution is -2.28. The van der Waals surface area contributed by atoms with Crippen molar-refractivity contribution in [3.63, 3.8) is 0 Å². The van der Waals surface area contributed by atoms with Gasteiger partial charge in [0.1, 0.15) is 9.71 Å². The van der Waals surface area contributed by atoms with Gasteiger partial charge in [0.05, 0.1) is 24.6 Å².